The summed E-state index contributed by atoms with van der Waals surface area (Å²) in [4.78, 5) is 16.6. The van der Waals surface area contributed by atoms with Gasteiger partial charge in [-0.05, 0) is 61.9 Å². The lowest BCUT2D eigenvalue weighted by Gasteiger charge is -2.36. The smallest absolute Gasteiger partial charge is 0.303 e. The molecule has 21 heavy (non-hydrogen) atoms. The predicted octanol–water partition coefficient (Wildman–Crippen LogP) is 3.49. The van der Waals surface area contributed by atoms with Crippen molar-refractivity contribution in [2.45, 2.75) is 64.8 Å². The summed E-state index contributed by atoms with van der Waals surface area (Å²) in [6.45, 7) is 4.58. The Kier molecular flexibility index (Phi) is 4.25. The minimum absolute atomic E-state index is 0.132. The Morgan fingerprint density at radius 2 is 2.05 bits per heavy atom. The maximum absolute atomic E-state index is 10.8. The Bertz CT molecular complexity index is 433. The number of carbonyl (C=O) groups is 1. The van der Waals surface area contributed by atoms with Crippen LogP contribution in [0.5, 0.6) is 0 Å². The van der Waals surface area contributed by atoms with Crippen molar-refractivity contribution in [3.63, 3.8) is 0 Å². The van der Waals surface area contributed by atoms with Crippen LogP contribution in [0.3, 0.4) is 0 Å². The topological polar surface area (TPSA) is 58.6 Å². The molecule has 3 aliphatic rings. The third kappa shape index (κ3) is 3.42. The van der Waals surface area contributed by atoms with Crippen molar-refractivity contribution >= 4 is 5.97 Å². The lowest BCUT2D eigenvalue weighted by molar-refractivity contribution is -0.137. The maximum Gasteiger partial charge on any atom is 0.303 e. The first-order valence-electron chi connectivity index (χ1n) is 8.42. The number of hydrogen-bond donors (Lipinski definition) is 2. The molecule has 0 saturated heterocycles. The first kappa shape index (κ1) is 14.9. The highest BCUT2D eigenvalue weighted by Crippen LogP contribution is 2.50. The van der Waals surface area contributed by atoms with Gasteiger partial charge in [0.15, 0.2) is 0 Å². The highest BCUT2D eigenvalue weighted by Gasteiger charge is 2.44. The molecular formula is C17H27NO3. The van der Waals surface area contributed by atoms with Gasteiger partial charge in [-0.2, -0.15) is 0 Å². The normalized spacial score (nSPS) is 32.2. The van der Waals surface area contributed by atoms with Crippen LogP contribution in [0, 0.1) is 23.7 Å². The van der Waals surface area contributed by atoms with E-state index in [9.17, 15) is 4.79 Å². The first-order chi connectivity index (χ1) is 10.0. The molecule has 1 heterocycles. The van der Waals surface area contributed by atoms with Crippen LogP contribution in [-0.2, 0) is 9.63 Å². The molecule has 2 saturated carbocycles. The molecule has 2 fully saturated rings. The van der Waals surface area contributed by atoms with E-state index < -0.39 is 5.97 Å². The summed E-state index contributed by atoms with van der Waals surface area (Å²) in [5, 5.41) is 8.88. The quantitative estimate of drug-likeness (QED) is 0.754. The van der Waals surface area contributed by atoms with Gasteiger partial charge in [-0.3, -0.25) is 4.79 Å². The van der Waals surface area contributed by atoms with Crippen LogP contribution in [0.4, 0.5) is 0 Å². The summed E-state index contributed by atoms with van der Waals surface area (Å²) >= 11 is 0. The zero-order valence-electron chi connectivity index (χ0n) is 13.1. The average Bonchev–Trinajstić information content (AvgIpc) is 3.11. The number of aliphatic carboxylic acids is 1. The SMILES string of the molecule is CC(C)C[C@H]1C[C@@H](C2=C(C3CC3)C(CCC(=O)O)NO2)C1. The third-order valence-corrected chi connectivity index (χ3v) is 5.05. The summed E-state index contributed by atoms with van der Waals surface area (Å²) in [5.41, 5.74) is 4.51. The fourth-order valence-corrected chi connectivity index (χ4v) is 3.92. The predicted molar refractivity (Wildman–Crippen MR) is 80.3 cm³/mol. The molecule has 2 aliphatic carbocycles. The second-order valence-electron chi connectivity index (χ2n) is 7.46. The molecule has 2 N–H and O–H groups in total. The lowest BCUT2D eigenvalue weighted by Crippen LogP contribution is -2.27. The van der Waals surface area contributed by atoms with Gasteiger partial charge in [0.25, 0.3) is 0 Å². The van der Waals surface area contributed by atoms with Crippen molar-refractivity contribution in [1.29, 1.82) is 0 Å². The van der Waals surface area contributed by atoms with Crippen LogP contribution in [0.1, 0.15) is 58.8 Å². The number of hydrogen-bond acceptors (Lipinski definition) is 3. The fraction of sp³-hybridized carbons (Fsp3) is 0.824. The van der Waals surface area contributed by atoms with Crippen molar-refractivity contribution in [3.05, 3.63) is 11.3 Å². The van der Waals surface area contributed by atoms with Gasteiger partial charge in [0.2, 0.25) is 0 Å². The minimum atomic E-state index is -0.721. The summed E-state index contributed by atoms with van der Waals surface area (Å²) in [6, 6.07) is 0.132. The van der Waals surface area contributed by atoms with E-state index in [0.29, 0.717) is 18.3 Å². The zero-order valence-corrected chi connectivity index (χ0v) is 13.1. The molecule has 0 radical (unpaired) electrons. The molecule has 4 heteroatoms. The Balaban J connectivity index is 1.61. The number of nitrogens with one attached hydrogen (secondary N) is 1. The van der Waals surface area contributed by atoms with Crippen LogP contribution in [0.15, 0.2) is 11.3 Å². The number of allylic oxidation sites excluding steroid dienone is 1. The van der Waals surface area contributed by atoms with Crippen molar-refractivity contribution in [3.8, 4) is 0 Å². The fourth-order valence-electron chi connectivity index (χ4n) is 3.92. The maximum atomic E-state index is 10.8. The Morgan fingerprint density at radius 3 is 2.62 bits per heavy atom. The van der Waals surface area contributed by atoms with Crippen molar-refractivity contribution in [2.75, 3.05) is 0 Å². The van der Waals surface area contributed by atoms with Crippen molar-refractivity contribution in [2.24, 2.45) is 23.7 Å². The van der Waals surface area contributed by atoms with E-state index in [1.54, 1.807) is 0 Å². The molecule has 3 rings (SSSR count). The third-order valence-electron chi connectivity index (χ3n) is 5.05. The lowest BCUT2D eigenvalue weighted by atomic mass is 9.69. The Labute approximate surface area is 126 Å². The van der Waals surface area contributed by atoms with Gasteiger partial charge in [-0.25, -0.2) is 0 Å². The van der Waals surface area contributed by atoms with E-state index in [2.05, 4.69) is 19.3 Å². The molecule has 1 unspecified atom stereocenters. The molecule has 0 bridgehead atoms. The molecule has 0 aromatic heterocycles. The average molecular weight is 293 g/mol. The number of rotatable bonds is 7. The van der Waals surface area contributed by atoms with Gasteiger partial charge in [0, 0.05) is 12.3 Å². The van der Waals surface area contributed by atoms with Gasteiger partial charge in [0.1, 0.15) is 5.76 Å². The largest absolute Gasteiger partial charge is 0.481 e. The molecule has 1 aliphatic heterocycles. The van der Waals surface area contributed by atoms with Crippen molar-refractivity contribution < 1.29 is 14.7 Å². The molecule has 118 valence electrons. The monoisotopic (exact) mass is 293 g/mol. The number of hydroxylamine groups is 1. The van der Waals surface area contributed by atoms with Gasteiger partial charge in [-0.15, -0.1) is 5.48 Å². The molecule has 1 atom stereocenters. The second-order valence-corrected chi connectivity index (χ2v) is 7.46. The van der Waals surface area contributed by atoms with Gasteiger partial charge >= 0.3 is 5.97 Å². The molecule has 0 amide bonds. The van der Waals surface area contributed by atoms with Gasteiger partial charge in [-0.1, -0.05) is 13.8 Å². The standard InChI is InChI=1S/C17H27NO3/c1-10(2)7-11-8-13(9-11)17-16(12-3-4-12)14(18-21-17)5-6-15(19)20/h10-14,18H,3-9H2,1-2H3,(H,19,20)/t11-,13+,14?. The van der Waals surface area contributed by atoms with Crippen molar-refractivity contribution in [1.82, 2.24) is 5.48 Å². The van der Waals surface area contributed by atoms with E-state index in [4.69, 9.17) is 9.94 Å². The van der Waals surface area contributed by atoms with E-state index in [1.165, 1.54) is 43.4 Å². The van der Waals surface area contributed by atoms with Gasteiger partial charge < -0.3 is 9.94 Å². The minimum Gasteiger partial charge on any atom is -0.481 e. The first-order valence-corrected chi connectivity index (χ1v) is 8.42. The van der Waals surface area contributed by atoms with E-state index in [-0.39, 0.29) is 12.5 Å². The summed E-state index contributed by atoms with van der Waals surface area (Å²) in [7, 11) is 0. The summed E-state index contributed by atoms with van der Waals surface area (Å²) < 4.78 is 0. The molecular weight excluding hydrogens is 266 g/mol. The van der Waals surface area contributed by atoms with E-state index >= 15 is 0 Å². The second kappa shape index (κ2) is 5.99. The molecule has 0 spiro atoms. The van der Waals surface area contributed by atoms with Crippen LogP contribution < -0.4 is 5.48 Å². The van der Waals surface area contributed by atoms with Crippen LogP contribution in [0.25, 0.3) is 0 Å². The highest BCUT2D eigenvalue weighted by molar-refractivity contribution is 5.66. The van der Waals surface area contributed by atoms with E-state index in [1.807, 2.05) is 0 Å². The number of carboxylic acids is 1. The van der Waals surface area contributed by atoms with Gasteiger partial charge in [0.05, 0.1) is 6.04 Å². The van der Waals surface area contributed by atoms with Crippen LogP contribution in [0.2, 0.25) is 0 Å². The molecule has 0 aromatic rings. The van der Waals surface area contributed by atoms with E-state index in [0.717, 1.165) is 11.8 Å². The highest BCUT2D eigenvalue weighted by atomic mass is 16.7. The summed E-state index contributed by atoms with van der Waals surface area (Å²) in [5.74, 6) is 3.31. The Morgan fingerprint density at radius 1 is 1.33 bits per heavy atom. The Hall–Kier alpha value is -1.03. The summed E-state index contributed by atoms with van der Waals surface area (Å²) in [6.07, 6.45) is 7.16. The molecule has 0 aromatic carbocycles. The number of carboxylic acid groups (broad SMARTS) is 1. The van der Waals surface area contributed by atoms with Crippen LogP contribution >= 0.6 is 0 Å². The zero-order chi connectivity index (χ0) is 15.0. The molecule has 4 nitrogen and oxygen atoms in total. The van der Waals surface area contributed by atoms with Crippen LogP contribution in [-0.4, -0.2) is 17.1 Å².